The second-order valence-electron chi connectivity index (χ2n) is 6.16. The van der Waals surface area contributed by atoms with Crippen molar-refractivity contribution in [2.45, 2.75) is 6.54 Å². The van der Waals surface area contributed by atoms with E-state index in [1.807, 2.05) is 71.3 Å². The zero-order chi connectivity index (χ0) is 19.1. The van der Waals surface area contributed by atoms with E-state index < -0.39 is 0 Å². The molecule has 136 valence electrons. The summed E-state index contributed by atoms with van der Waals surface area (Å²) in [5.74, 6) is 0.762. The highest BCUT2D eigenvalue weighted by molar-refractivity contribution is 5.83. The molecule has 0 saturated carbocycles. The van der Waals surface area contributed by atoms with Gasteiger partial charge in [-0.1, -0.05) is 60.7 Å². The summed E-state index contributed by atoms with van der Waals surface area (Å²) in [4.78, 5) is 19.2. The summed E-state index contributed by atoms with van der Waals surface area (Å²) < 4.78 is 1.95. The molecule has 0 unspecified atom stereocenters. The molecule has 0 atom stereocenters. The first kappa shape index (κ1) is 18.4. The largest absolute Gasteiger partial charge is 0.334 e. The molecule has 0 spiro atoms. The molecule has 4 heteroatoms. The predicted octanol–water partition coefficient (Wildman–Crippen LogP) is 4.41. The summed E-state index contributed by atoms with van der Waals surface area (Å²) >= 11 is 0. The minimum Gasteiger partial charge on any atom is -0.334 e. The van der Waals surface area contributed by atoms with E-state index in [1.54, 1.807) is 17.1 Å². The number of hydrogen-bond acceptors (Lipinski definition) is 2. The van der Waals surface area contributed by atoms with Crippen LogP contribution in [0.15, 0.2) is 79.9 Å². The van der Waals surface area contributed by atoms with Crippen LogP contribution in [-0.2, 0) is 11.3 Å². The van der Waals surface area contributed by atoms with Gasteiger partial charge in [0.25, 0.3) is 0 Å². The monoisotopic (exact) mass is 357 g/mol. The molecule has 0 bridgehead atoms. The summed E-state index contributed by atoms with van der Waals surface area (Å²) in [7, 11) is 0. The molecule has 3 rings (SSSR count). The third-order valence-electron chi connectivity index (χ3n) is 4.25. The topological polar surface area (TPSA) is 38.1 Å². The molecule has 1 heterocycles. The Labute approximate surface area is 159 Å². The van der Waals surface area contributed by atoms with Crippen LogP contribution in [0.3, 0.4) is 0 Å². The van der Waals surface area contributed by atoms with Gasteiger partial charge in [-0.15, -0.1) is 13.2 Å². The maximum Gasteiger partial charge on any atom is 0.243 e. The van der Waals surface area contributed by atoms with Gasteiger partial charge in [-0.3, -0.25) is 4.79 Å². The molecule has 1 amide bonds. The van der Waals surface area contributed by atoms with E-state index in [9.17, 15) is 4.79 Å². The van der Waals surface area contributed by atoms with Crippen molar-refractivity contribution in [3.63, 3.8) is 0 Å². The van der Waals surface area contributed by atoms with E-state index in [-0.39, 0.29) is 12.5 Å². The number of fused-ring (bicyclic) bond motifs is 1. The smallest absolute Gasteiger partial charge is 0.243 e. The Bertz CT molecular complexity index is 960. The summed E-state index contributed by atoms with van der Waals surface area (Å²) in [6, 6.07) is 17.9. The molecular formula is C23H23N3O. The second kappa shape index (κ2) is 8.81. The lowest BCUT2D eigenvalue weighted by molar-refractivity contribution is -0.130. The van der Waals surface area contributed by atoms with E-state index in [2.05, 4.69) is 13.2 Å². The normalized spacial score (nSPS) is 11.0. The van der Waals surface area contributed by atoms with Gasteiger partial charge in [0, 0.05) is 13.1 Å². The van der Waals surface area contributed by atoms with Crippen molar-refractivity contribution in [1.29, 1.82) is 0 Å². The van der Waals surface area contributed by atoms with Crippen LogP contribution >= 0.6 is 0 Å². The number of hydrogen-bond donors (Lipinski definition) is 0. The van der Waals surface area contributed by atoms with Crippen molar-refractivity contribution in [2.75, 3.05) is 13.1 Å². The van der Waals surface area contributed by atoms with Crippen molar-refractivity contribution in [3.05, 3.63) is 91.3 Å². The number of aromatic nitrogens is 2. The second-order valence-corrected chi connectivity index (χ2v) is 6.16. The Morgan fingerprint density at radius 1 is 0.963 bits per heavy atom. The minimum atomic E-state index is 0.00677. The van der Waals surface area contributed by atoms with Crippen molar-refractivity contribution in [3.8, 4) is 0 Å². The average molecular weight is 357 g/mol. The standard InChI is InChI=1S/C23H23N3O/c1-3-16-25(17-4-2)23(27)18-26-21-13-9-8-12-20(21)24-22(26)15-14-19-10-6-5-7-11-19/h3-15H,1-2,16-18H2/b15-14+. The van der Waals surface area contributed by atoms with Gasteiger partial charge in [0.2, 0.25) is 5.91 Å². The summed E-state index contributed by atoms with van der Waals surface area (Å²) in [5, 5.41) is 0. The molecular weight excluding hydrogens is 334 g/mol. The van der Waals surface area contributed by atoms with Crippen LogP contribution in [0, 0.1) is 0 Å². The van der Waals surface area contributed by atoms with Gasteiger partial charge in [-0.2, -0.15) is 0 Å². The molecule has 0 aliphatic heterocycles. The Balaban J connectivity index is 1.95. The molecule has 0 fully saturated rings. The number of amides is 1. The van der Waals surface area contributed by atoms with Crippen molar-refractivity contribution >= 4 is 29.1 Å². The van der Waals surface area contributed by atoms with Crippen molar-refractivity contribution in [1.82, 2.24) is 14.5 Å². The van der Waals surface area contributed by atoms with Crippen LogP contribution in [0.2, 0.25) is 0 Å². The highest BCUT2D eigenvalue weighted by atomic mass is 16.2. The SMILES string of the molecule is C=CCN(CC=C)C(=O)Cn1c(/C=C/c2ccccc2)nc2ccccc21. The zero-order valence-electron chi connectivity index (χ0n) is 15.3. The molecule has 0 saturated heterocycles. The van der Waals surface area contributed by atoms with E-state index in [4.69, 9.17) is 4.98 Å². The van der Waals surface area contributed by atoms with Gasteiger partial charge < -0.3 is 9.47 Å². The molecule has 1 aromatic heterocycles. The Morgan fingerprint density at radius 2 is 1.63 bits per heavy atom. The minimum absolute atomic E-state index is 0.00677. The van der Waals surface area contributed by atoms with Gasteiger partial charge in [0.15, 0.2) is 0 Å². The molecule has 4 nitrogen and oxygen atoms in total. The molecule has 27 heavy (non-hydrogen) atoms. The fraction of sp³-hybridized carbons (Fsp3) is 0.130. The maximum absolute atomic E-state index is 12.8. The summed E-state index contributed by atoms with van der Waals surface area (Å²) in [6.45, 7) is 8.67. The number of para-hydroxylation sites is 2. The van der Waals surface area contributed by atoms with Gasteiger partial charge in [-0.25, -0.2) is 4.98 Å². The molecule has 0 aliphatic carbocycles. The first-order chi connectivity index (χ1) is 13.2. The lowest BCUT2D eigenvalue weighted by Crippen LogP contribution is -2.34. The fourth-order valence-corrected chi connectivity index (χ4v) is 2.95. The Kier molecular flexibility index (Phi) is 6.00. The lowest BCUT2D eigenvalue weighted by atomic mass is 10.2. The number of benzene rings is 2. The highest BCUT2D eigenvalue weighted by Crippen LogP contribution is 2.18. The van der Waals surface area contributed by atoms with E-state index in [0.717, 1.165) is 22.4 Å². The van der Waals surface area contributed by atoms with Gasteiger partial charge in [-0.05, 0) is 23.8 Å². The molecule has 3 aromatic rings. The summed E-state index contributed by atoms with van der Waals surface area (Å²) in [6.07, 6.45) is 7.41. The van der Waals surface area contributed by atoms with E-state index in [1.165, 1.54) is 0 Å². The average Bonchev–Trinajstić information content (AvgIpc) is 3.04. The highest BCUT2D eigenvalue weighted by Gasteiger charge is 2.16. The zero-order valence-corrected chi connectivity index (χ0v) is 15.3. The van der Waals surface area contributed by atoms with Crippen LogP contribution < -0.4 is 0 Å². The third kappa shape index (κ3) is 4.42. The predicted molar refractivity (Wildman–Crippen MR) is 112 cm³/mol. The van der Waals surface area contributed by atoms with Gasteiger partial charge in [0.05, 0.1) is 11.0 Å². The quantitative estimate of drug-likeness (QED) is 0.560. The van der Waals surface area contributed by atoms with Crippen LogP contribution in [0.1, 0.15) is 11.4 Å². The maximum atomic E-state index is 12.8. The number of carbonyl (C=O) groups excluding carboxylic acids is 1. The fourth-order valence-electron chi connectivity index (χ4n) is 2.95. The Morgan fingerprint density at radius 3 is 2.33 bits per heavy atom. The van der Waals surface area contributed by atoms with E-state index in [0.29, 0.717) is 13.1 Å². The van der Waals surface area contributed by atoms with Crippen molar-refractivity contribution in [2.24, 2.45) is 0 Å². The number of carbonyl (C=O) groups is 1. The van der Waals surface area contributed by atoms with Crippen LogP contribution in [0.5, 0.6) is 0 Å². The van der Waals surface area contributed by atoms with Gasteiger partial charge in [0.1, 0.15) is 12.4 Å². The third-order valence-corrected chi connectivity index (χ3v) is 4.25. The van der Waals surface area contributed by atoms with Gasteiger partial charge >= 0.3 is 0 Å². The number of nitrogens with zero attached hydrogens (tertiary/aromatic N) is 3. The Hall–Kier alpha value is -3.40. The first-order valence-electron chi connectivity index (χ1n) is 8.91. The summed E-state index contributed by atoms with van der Waals surface area (Å²) in [5.41, 5.74) is 2.90. The van der Waals surface area contributed by atoms with Crippen LogP contribution in [0.25, 0.3) is 23.2 Å². The van der Waals surface area contributed by atoms with Crippen LogP contribution in [-0.4, -0.2) is 33.4 Å². The molecule has 0 N–H and O–H groups in total. The lowest BCUT2D eigenvalue weighted by Gasteiger charge is -2.20. The van der Waals surface area contributed by atoms with Crippen LogP contribution in [0.4, 0.5) is 0 Å². The first-order valence-corrected chi connectivity index (χ1v) is 8.91. The van der Waals surface area contributed by atoms with Crippen molar-refractivity contribution < 1.29 is 4.79 Å². The molecule has 0 radical (unpaired) electrons. The van der Waals surface area contributed by atoms with E-state index >= 15 is 0 Å². The molecule has 2 aromatic carbocycles. The number of imidazole rings is 1. The number of rotatable bonds is 8. The molecule has 0 aliphatic rings.